The molecule has 0 heterocycles. The van der Waals surface area contributed by atoms with Gasteiger partial charge in [-0.05, 0) is 51.4 Å². The maximum atomic E-state index is 12.3. The summed E-state index contributed by atoms with van der Waals surface area (Å²) in [5, 5.41) is 9.63. The number of hydrogen-bond donors (Lipinski definition) is 1. The number of hydrogen-bond acceptors (Lipinski definition) is 5. The first kappa shape index (κ1) is 57.9. The van der Waals surface area contributed by atoms with Crippen LogP contribution in [0.1, 0.15) is 271 Å². The molecule has 0 saturated heterocycles. The van der Waals surface area contributed by atoms with Gasteiger partial charge in [-0.2, -0.15) is 0 Å². The van der Waals surface area contributed by atoms with Gasteiger partial charge in [0.05, 0.1) is 6.61 Å². The van der Waals surface area contributed by atoms with Gasteiger partial charge in [0.1, 0.15) is 6.61 Å². The normalized spacial score (nSPS) is 12.5. The molecule has 0 radical (unpaired) electrons. The lowest BCUT2D eigenvalue weighted by molar-refractivity contribution is -0.161. The first-order valence-electron chi connectivity index (χ1n) is 26.2. The van der Waals surface area contributed by atoms with Crippen LogP contribution in [0.3, 0.4) is 0 Å². The maximum absolute atomic E-state index is 12.3. The Morgan fingerprint density at radius 3 is 1.08 bits per heavy atom. The minimum atomic E-state index is -0.770. The van der Waals surface area contributed by atoms with Crippen molar-refractivity contribution in [2.24, 2.45) is 0 Å². The number of ether oxygens (including phenoxy) is 2. The van der Waals surface area contributed by atoms with E-state index in [-0.39, 0.29) is 25.2 Å². The van der Waals surface area contributed by atoms with E-state index in [1.807, 2.05) is 0 Å². The fourth-order valence-corrected chi connectivity index (χ4v) is 7.73. The van der Waals surface area contributed by atoms with Crippen molar-refractivity contribution in [3.63, 3.8) is 0 Å². The Morgan fingerprint density at radius 2 is 0.717 bits per heavy atom. The highest BCUT2D eigenvalue weighted by Crippen LogP contribution is 2.17. The third-order valence-corrected chi connectivity index (χ3v) is 11.6. The molecule has 1 atom stereocenters. The van der Waals surface area contributed by atoms with Gasteiger partial charge in [-0.3, -0.25) is 9.59 Å². The molecule has 1 N–H and O–H groups in total. The van der Waals surface area contributed by atoms with Gasteiger partial charge in [-0.1, -0.05) is 255 Å². The summed E-state index contributed by atoms with van der Waals surface area (Å²) in [6.45, 7) is 4.06. The molecule has 0 saturated carbocycles. The van der Waals surface area contributed by atoms with E-state index < -0.39 is 6.10 Å². The fraction of sp³-hybridized carbons (Fsp3) is 0.818. The van der Waals surface area contributed by atoms with Crippen molar-refractivity contribution in [2.75, 3.05) is 13.2 Å². The third-order valence-electron chi connectivity index (χ3n) is 11.6. The van der Waals surface area contributed by atoms with Crippen LogP contribution in [0.15, 0.2) is 48.6 Å². The van der Waals surface area contributed by atoms with E-state index in [4.69, 9.17) is 9.47 Å². The average molecular weight is 841 g/mol. The Bertz CT molecular complexity index is 997. The molecule has 0 aromatic heterocycles. The SMILES string of the molecule is CC/C=C\C/C=C\C/C=C\C/C=C\CCCCCCCCCCCCCCCCC(=O)OC(CO)COC(=O)CCCCCCCCCCCCCCCCCCCCC. The quantitative estimate of drug-likeness (QED) is 0.0375. The third kappa shape index (κ3) is 48.5. The smallest absolute Gasteiger partial charge is 0.306 e. The van der Waals surface area contributed by atoms with Crippen LogP contribution in [0.5, 0.6) is 0 Å². The molecule has 0 amide bonds. The predicted molar refractivity (Wildman–Crippen MR) is 261 cm³/mol. The lowest BCUT2D eigenvalue weighted by atomic mass is 10.0. The molecular weight excluding hydrogens is 741 g/mol. The Labute approximate surface area is 373 Å². The number of aliphatic hydroxyl groups excluding tert-OH is 1. The number of unbranched alkanes of at least 4 members (excludes halogenated alkanes) is 32. The molecule has 0 aromatic carbocycles. The van der Waals surface area contributed by atoms with Gasteiger partial charge >= 0.3 is 11.9 Å². The van der Waals surface area contributed by atoms with E-state index in [1.165, 1.54) is 180 Å². The topological polar surface area (TPSA) is 72.8 Å². The number of carbonyl (C=O) groups excluding carboxylic acids is 2. The number of allylic oxidation sites excluding steroid dienone is 8. The van der Waals surface area contributed by atoms with Crippen molar-refractivity contribution in [1.82, 2.24) is 0 Å². The molecule has 0 aliphatic rings. The average Bonchev–Trinajstić information content (AvgIpc) is 3.25. The van der Waals surface area contributed by atoms with Gasteiger partial charge in [-0.25, -0.2) is 0 Å². The molecule has 60 heavy (non-hydrogen) atoms. The molecule has 5 heteroatoms. The van der Waals surface area contributed by atoms with Crippen molar-refractivity contribution in [1.29, 1.82) is 0 Å². The summed E-state index contributed by atoms with van der Waals surface area (Å²) in [6.07, 6.45) is 66.4. The van der Waals surface area contributed by atoms with Gasteiger partial charge in [0.15, 0.2) is 6.10 Å². The van der Waals surface area contributed by atoms with Crippen LogP contribution in [0.25, 0.3) is 0 Å². The lowest BCUT2D eigenvalue weighted by Crippen LogP contribution is -2.28. The molecule has 0 fully saturated rings. The molecule has 0 aliphatic heterocycles. The van der Waals surface area contributed by atoms with Crippen molar-refractivity contribution in [3.8, 4) is 0 Å². The molecule has 1 unspecified atom stereocenters. The molecule has 350 valence electrons. The largest absolute Gasteiger partial charge is 0.462 e. The summed E-state index contributed by atoms with van der Waals surface area (Å²) in [5.74, 6) is -0.578. The molecular formula is C55H100O5. The Balaban J connectivity index is 3.46. The first-order chi connectivity index (χ1) is 29.6. The van der Waals surface area contributed by atoms with Crippen molar-refractivity contribution in [3.05, 3.63) is 48.6 Å². The Hall–Kier alpha value is -2.14. The number of carbonyl (C=O) groups is 2. The van der Waals surface area contributed by atoms with E-state index >= 15 is 0 Å². The van der Waals surface area contributed by atoms with Crippen LogP contribution in [0, 0.1) is 0 Å². The summed E-state index contributed by atoms with van der Waals surface area (Å²) in [4.78, 5) is 24.5. The van der Waals surface area contributed by atoms with Crippen molar-refractivity contribution >= 4 is 11.9 Å². The zero-order chi connectivity index (χ0) is 43.5. The van der Waals surface area contributed by atoms with E-state index in [1.54, 1.807) is 0 Å². The number of esters is 2. The number of aliphatic hydroxyl groups is 1. The summed E-state index contributed by atoms with van der Waals surface area (Å²) < 4.78 is 10.7. The molecule has 0 spiro atoms. The van der Waals surface area contributed by atoms with Crippen LogP contribution in [0.2, 0.25) is 0 Å². The standard InChI is InChI=1S/C55H100O5/c1-3-5-7-9-11-13-15-17-19-21-23-24-25-26-27-28-29-30-32-34-36-38-40-42-44-46-48-50-55(58)60-53(51-56)52-59-54(57)49-47-45-43-41-39-37-35-33-31-22-20-18-16-14-12-10-8-6-4-2/h5,7,11,13,17,19,23-24,53,56H,3-4,6,8-10,12,14-16,18,20-22,25-52H2,1-2H3/b7-5-,13-11-,19-17-,24-23-. The predicted octanol–water partition coefficient (Wildman–Crippen LogP) is 17.3. The Morgan fingerprint density at radius 1 is 0.400 bits per heavy atom. The monoisotopic (exact) mass is 841 g/mol. The van der Waals surface area contributed by atoms with E-state index in [0.29, 0.717) is 12.8 Å². The fourth-order valence-electron chi connectivity index (χ4n) is 7.73. The molecule has 0 aromatic rings. The highest BCUT2D eigenvalue weighted by Gasteiger charge is 2.16. The van der Waals surface area contributed by atoms with Crippen LogP contribution in [-0.4, -0.2) is 36.4 Å². The first-order valence-corrected chi connectivity index (χ1v) is 26.2. The van der Waals surface area contributed by atoms with Crippen molar-refractivity contribution < 1.29 is 24.2 Å². The number of rotatable bonds is 48. The molecule has 0 rings (SSSR count). The van der Waals surface area contributed by atoms with Gasteiger partial charge in [0.25, 0.3) is 0 Å². The van der Waals surface area contributed by atoms with Gasteiger partial charge in [-0.15, -0.1) is 0 Å². The Kier molecular flexibility index (Phi) is 49.4. The summed E-state index contributed by atoms with van der Waals surface area (Å²) in [7, 11) is 0. The highest BCUT2D eigenvalue weighted by atomic mass is 16.6. The summed E-state index contributed by atoms with van der Waals surface area (Å²) in [5.41, 5.74) is 0. The zero-order valence-electron chi connectivity index (χ0n) is 40.0. The van der Waals surface area contributed by atoms with Crippen LogP contribution in [0.4, 0.5) is 0 Å². The molecule has 0 aliphatic carbocycles. The minimum absolute atomic E-state index is 0.0621. The molecule has 5 nitrogen and oxygen atoms in total. The highest BCUT2D eigenvalue weighted by molar-refractivity contribution is 5.70. The van der Waals surface area contributed by atoms with E-state index in [0.717, 1.165) is 64.2 Å². The van der Waals surface area contributed by atoms with Crippen molar-refractivity contribution in [2.45, 2.75) is 277 Å². The van der Waals surface area contributed by atoms with Crippen LogP contribution >= 0.6 is 0 Å². The second-order valence-corrected chi connectivity index (χ2v) is 17.6. The molecule has 0 bridgehead atoms. The van der Waals surface area contributed by atoms with Gasteiger partial charge in [0, 0.05) is 12.8 Å². The zero-order valence-corrected chi connectivity index (χ0v) is 40.0. The van der Waals surface area contributed by atoms with Crippen LogP contribution in [-0.2, 0) is 19.1 Å². The second kappa shape index (κ2) is 51.2. The summed E-state index contributed by atoms with van der Waals surface area (Å²) >= 11 is 0. The minimum Gasteiger partial charge on any atom is -0.462 e. The van der Waals surface area contributed by atoms with Crippen LogP contribution < -0.4 is 0 Å². The van der Waals surface area contributed by atoms with E-state index in [2.05, 4.69) is 62.5 Å². The van der Waals surface area contributed by atoms with Gasteiger partial charge < -0.3 is 14.6 Å². The second-order valence-electron chi connectivity index (χ2n) is 17.6. The van der Waals surface area contributed by atoms with Gasteiger partial charge in [0.2, 0.25) is 0 Å². The summed E-state index contributed by atoms with van der Waals surface area (Å²) in [6, 6.07) is 0. The maximum Gasteiger partial charge on any atom is 0.306 e. The van der Waals surface area contributed by atoms with E-state index in [9.17, 15) is 14.7 Å². The lowest BCUT2D eigenvalue weighted by Gasteiger charge is -2.15.